The summed E-state index contributed by atoms with van der Waals surface area (Å²) in [5.74, 6) is -0.451. The van der Waals surface area contributed by atoms with Gasteiger partial charge in [-0.05, 0) is 37.1 Å². The van der Waals surface area contributed by atoms with E-state index in [-0.39, 0.29) is 11.4 Å². The largest absolute Gasteiger partial charge is 0.382 e. The number of ether oxygens (including phenoxy) is 2. The quantitative estimate of drug-likeness (QED) is 0.702. The van der Waals surface area contributed by atoms with Gasteiger partial charge in [0.2, 0.25) is 10.0 Å². The summed E-state index contributed by atoms with van der Waals surface area (Å²) in [5.41, 5.74) is 0.383. The van der Waals surface area contributed by atoms with Gasteiger partial charge in [-0.25, -0.2) is 17.5 Å². The molecule has 0 fully saturated rings. The standard InChI is InChI=1S/C13H20FNO4S/c1-11-10-12(14)4-5-13(11)20(16,17)15-6-3-7-19-9-8-18-2/h4-5,10,15H,3,6-9H2,1-2H3. The molecule has 1 aromatic carbocycles. The molecular formula is C13H20FNO4S. The number of benzene rings is 1. The monoisotopic (exact) mass is 305 g/mol. The minimum absolute atomic E-state index is 0.0965. The Hall–Kier alpha value is -1.02. The fraction of sp³-hybridized carbons (Fsp3) is 0.538. The van der Waals surface area contributed by atoms with Gasteiger partial charge in [-0.3, -0.25) is 0 Å². The van der Waals surface area contributed by atoms with Crippen molar-refractivity contribution in [3.05, 3.63) is 29.6 Å². The number of sulfonamides is 1. The van der Waals surface area contributed by atoms with E-state index < -0.39 is 15.8 Å². The number of hydrogen-bond acceptors (Lipinski definition) is 4. The normalized spacial score (nSPS) is 11.8. The van der Waals surface area contributed by atoms with E-state index in [4.69, 9.17) is 9.47 Å². The molecular weight excluding hydrogens is 285 g/mol. The Bertz CT molecular complexity index is 519. The van der Waals surface area contributed by atoms with E-state index in [9.17, 15) is 12.8 Å². The van der Waals surface area contributed by atoms with Crippen LogP contribution < -0.4 is 4.72 Å². The Morgan fingerprint density at radius 2 is 2.00 bits per heavy atom. The molecule has 1 N–H and O–H groups in total. The van der Waals surface area contributed by atoms with E-state index >= 15 is 0 Å². The summed E-state index contributed by atoms with van der Waals surface area (Å²) in [7, 11) is -2.02. The van der Waals surface area contributed by atoms with Gasteiger partial charge < -0.3 is 9.47 Å². The average Bonchev–Trinajstić information content (AvgIpc) is 2.37. The molecule has 1 rings (SSSR count). The van der Waals surface area contributed by atoms with Gasteiger partial charge in [-0.1, -0.05) is 0 Å². The van der Waals surface area contributed by atoms with Crippen molar-refractivity contribution in [1.82, 2.24) is 4.72 Å². The maximum Gasteiger partial charge on any atom is 0.240 e. The van der Waals surface area contributed by atoms with Crippen LogP contribution in [0.5, 0.6) is 0 Å². The van der Waals surface area contributed by atoms with Crippen LogP contribution in [0.3, 0.4) is 0 Å². The third kappa shape index (κ3) is 5.54. The van der Waals surface area contributed by atoms with Crippen molar-refractivity contribution in [3.8, 4) is 0 Å². The van der Waals surface area contributed by atoms with Gasteiger partial charge in [0.05, 0.1) is 18.1 Å². The average molecular weight is 305 g/mol. The Kier molecular flexibility index (Phi) is 7.08. The third-order valence-electron chi connectivity index (χ3n) is 2.62. The van der Waals surface area contributed by atoms with Crippen molar-refractivity contribution in [2.24, 2.45) is 0 Å². The van der Waals surface area contributed by atoms with Crippen molar-refractivity contribution < 1.29 is 22.3 Å². The molecule has 20 heavy (non-hydrogen) atoms. The molecule has 0 amide bonds. The van der Waals surface area contributed by atoms with Crippen molar-refractivity contribution in [3.63, 3.8) is 0 Å². The number of nitrogens with one attached hydrogen (secondary N) is 1. The predicted molar refractivity (Wildman–Crippen MR) is 73.6 cm³/mol. The molecule has 7 heteroatoms. The molecule has 0 aromatic heterocycles. The molecule has 5 nitrogen and oxygen atoms in total. The first-order valence-electron chi connectivity index (χ1n) is 6.30. The summed E-state index contributed by atoms with van der Waals surface area (Å²) in [4.78, 5) is 0.0965. The fourth-order valence-electron chi connectivity index (χ4n) is 1.62. The SMILES string of the molecule is COCCOCCCNS(=O)(=O)c1ccc(F)cc1C. The smallest absolute Gasteiger partial charge is 0.240 e. The first-order chi connectivity index (χ1) is 9.47. The van der Waals surface area contributed by atoms with Gasteiger partial charge >= 0.3 is 0 Å². The van der Waals surface area contributed by atoms with E-state index in [0.717, 1.165) is 6.07 Å². The van der Waals surface area contributed by atoms with Crippen LogP contribution in [-0.4, -0.2) is 41.9 Å². The van der Waals surface area contributed by atoms with Crippen LogP contribution in [-0.2, 0) is 19.5 Å². The molecule has 0 atom stereocenters. The van der Waals surface area contributed by atoms with E-state index in [2.05, 4.69) is 4.72 Å². The molecule has 0 bridgehead atoms. The second-order valence-electron chi connectivity index (χ2n) is 4.27. The Morgan fingerprint density at radius 3 is 2.65 bits per heavy atom. The summed E-state index contributed by atoms with van der Waals surface area (Å²) < 4.78 is 49.5. The minimum atomic E-state index is -3.60. The molecule has 0 aliphatic rings. The molecule has 0 saturated carbocycles. The topological polar surface area (TPSA) is 64.6 Å². The molecule has 0 unspecified atom stereocenters. The molecule has 1 aromatic rings. The van der Waals surface area contributed by atoms with Crippen LogP contribution in [0, 0.1) is 12.7 Å². The van der Waals surface area contributed by atoms with Crippen LogP contribution in [0.2, 0.25) is 0 Å². The highest BCUT2D eigenvalue weighted by atomic mass is 32.2. The van der Waals surface area contributed by atoms with Gasteiger partial charge in [0.1, 0.15) is 5.82 Å². The van der Waals surface area contributed by atoms with E-state index in [1.54, 1.807) is 14.0 Å². The van der Waals surface area contributed by atoms with E-state index in [1.807, 2.05) is 0 Å². The molecule has 0 heterocycles. The highest BCUT2D eigenvalue weighted by Gasteiger charge is 2.16. The zero-order chi connectivity index (χ0) is 15.0. The van der Waals surface area contributed by atoms with Crippen LogP contribution in [0.15, 0.2) is 23.1 Å². The summed E-state index contributed by atoms with van der Waals surface area (Å²) in [6.45, 7) is 3.28. The maximum absolute atomic E-state index is 12.9. The molecule has 0 aliphatic heterocycles. The summed E-state index contributed by atoms with van der Waals surface area (Å²) >= 11 is 0. The summed E-state index contributed by atoms with van der Waals surface area (Å²) in [5, 5.41) is 0. The van der Waals surface area contributed by atoms with Gasteiger partial charge in [0.25, 0.3) is 0 Å². The van der Waals surface area contributed by atoms with Gasteiger partial charge in [-0.2, -0.15) is 0 Å². The van der Waals surface area contributed by atoms with E-state index in [0.29, 0.717) is 31.8 Å². The van der Waals surface area contributed by atoms with E-state index in [1.165, 1.54) is 12.1 Å². The molecule has 0 spiro atoms. The Balaban J connectivity index is 2.42. The van der Waals surface area contributed by atoms with Crippen molar-refractivity contribution in [2.75, 3.05) is 33.5 Å². The number of rotatable bonds is 9. The lowest BCUT2D eigenvalue weighted by Crippen LogP contribution is -2.26. The number of aryl methyl sites for hydroxylation is 1. The van der Waals surface area contributed by atoms with Crippen molar-refractivity contribution in [2.45, 2.75) is 18.2 Å². The maximum atomic E-state index is 12.9. The second-order valence-corrected chi connectivity index (χ2v) is 6.00. The molecule has 114 valence electrons. The summed E-state index contributed by atoms with van der Waals surface area (Å²) in [6, 6.07) is 3.60. The van der Waals surface area contributed by atoms with Gasteiger partial charge in [0.15, 0.2) is 0 Å². The number of hydrogen-bond donors (Lipinski definition) is 1. The Labute approximate surface area is 119 Å². The zero-order valence-corrected chi connectivity index (χ0v) is 12.5. The van der Waals surface area contributed by atoms with Crippen LogP contribution in [0.4, 0.5) is 4.39 Å². The fourth-order valence-corrected chi connectivity index (χ4v) is 2.92. The third-order valence-corrected chi connectivity index (χ3v) is 4.24. The first kappa shape index (κ1) is 17.0. The lowest BCUT2D eigenvalue weighted by molar-refractivity contribution is 0.0699. The van der Waals surface area contributed by atoms with Crippen LogP contribution >= 0.6 is 0 Å². The minimum Gasteiger partial charge on any atom is -0.382 e. The molecule has 0 aliphatic carbocycles. The highest BCUT2D eigenvalue weighted by Crippen LogP contribution is 2.15. The summed E-state index contributed by atoms with van der Waals surface area (Å²) in [6.07, 6.45) is 0.559. The second kappa shape index (κ2) is 8.31. The molecule has 0 saturated heterocycles. The zero-order valence-electron chi connectivity index (χ0n) is 11.7. The van der Waals surface area contributed by atoms with Crippen molar-refractivity contribution in [1.29, 1.82) is 0 Å². The lowest BCUT2D eigenvalue weighted by Gasteiger charge is -2.09. The van der Waals surface area contributed by atoms with Crippen molar-refractivity contribution >= 4 is 10.0 Å². The van der Waals surface area contributed by atoms with Crippen LogP contribution in [0.25, 0.3) is 0 Å². The van der Waals surface area contributed by atoms with Gasteiger partial charge in [-0.15, -0.1) is 0 Å². The Morgan fingerprint density at radius 1 is 1.25 bits per heavy atom. The molecule has 0 radical (unpaired) electrons. The van der Waals surface area contributed by atoms with Crippen LogP contribution in [0.1, 0.15) is 12.0 Å². The number of methoxy groups -OCH3 is 1. The lowest BCUT2D eigenvalue weighted by atomic mass is 10.2. The number of halogens is 1. The highest BCUT2D eigenvalue weighted by molar-refractivity contribution is 7.89. The van der Waals surface area contributed by atoms with Gasteiger partial charge in [0, 0.05) is 20.3 Å². The predicted octanol–water partition coefficient (Wildman–Crippen LogP) is 1.47. The first-order valence-corrected chi connectivity index (χ1v) is 7.78.